The largest absolute Gasteiger partial charge is 0.488 e. The minimum absolute atomic E-state index is 0.150. The maximum atomic E-state index is 9.40. The summed E-state index contributed by atoms with van der Waals surface area (Å²) in [6, 6.07) is 5.47. The molecule has 0 saturated heterocycles. The molecule has 2 N–H and O–H groups in total. The molecular formula is C13H18BNO2. The van der Waals surface area contributed by atoms with Gasteiger partial charge in [0.1, 0.15) is 0 Å². The van der Waals surface area contributed by atoms with Gasteiger partial charge in [-0.3, -0.25) is 0 Å². The number of nitrogens with zero attached hydrogens (tertiary/aromatic N) is 1. The molecule has 3 nitrogen and oxygen atoms in total. The van der Waals surface area contributed by atoms with E-state index in [0.29, 0.717) is 11.0 Å². The van der Waals surface area contributed by atoms with E-state index in [9.17, 15) is 10.0 Å². The fourth-order valence-electron chi connectivity index (χ4n) is 2.24. The highest BCUT2D eigenvalue weighted by Crippen LogP contribution is 2.27. The first-order chi connectivity index (χ1) is 7.90. The lowest BCUT2D eigenvalue weighted by Gasteiger charge is -2.21. The summed E-state index contributed by atoms with van der Waals surface area (Å²) in [6.45, 7) is 8.01. The summed E-state index contributed by atoms with van der Waals surface area (Å²) >= 11 is 0. The Morgan fingerprint density at radius 1 is 1.06 bits per heavy atom. The Kier molecular flexibility index (Phi) is 4.33. The fourth-order valence-corrected chi connectivity index (χ4v) is 2.24. The average molecular weight is 231 g/mol. The summed E-state index contributed by atoms with van der Waals surface area (Å²) in [5, 5.41) is 27.9. The molecule has 0 heterocycles. The van der Waals surface area contributed by atoms with Gasteiger partial charge in [0.15, 0.2) is 0 Å². The molecule has 1 aromatic carbocycles. The minimum atomic E-state index is -1.49. The molecule has 1 rings (SSSR count). The van der Waals surface area contributed by atoms with Gasteiger partial charge in [-0.25, -0.2) is 0 Å². The number of rotatable bonds is 3. The first-order valence-electron chi connectivity index (χ1n) is 5.83. The quantitative estimate of drug-likeness (QED) is 0.774. The van der Waals surface area contributed by atoms with Crippen LogP contribution in [-0.2, 0) is 0 Å². The number of benzene rings is 1. The second kappa shape index (κ2) is 5.35. The van der Waals surface area contributed by atoms with Crippen molar-refractivity contribution in [2.75, 3.05) is 0 Å². The summed E-state index contributed by atoms with van der Waals surface area (Å²) in [6.07, 6.45) is 0. The molecule has 0 saturated carbocycles. The van der Waals surface area contributed by atoms with Crippen LogP contribution in [0.3, 0.4) is 0 Å². The van der Waals surface area contributed by atoms with Gasteiger partial charge in [-0.2, -0.15) is 5.26 Å². The molecule has 0 amide bonds. The van der Waals surface area contributed by atoms with E-state index in [1.54, 1.807) is 12.1 Å². The van der Waals surface area contributed by atoms with Crippen LogP contribution in [-0.4, -0.2) is 17.2 Å². The monoisotopic (exact) mass is 231 g/mol. The molecule has 0 bridgehead atoms. The molecule has 0 unspecified atom stereocenters. The van der Waals surface area contributed by atoms with E-state index in [0.717, 1.165) is 11.1 Å². The van der Waals surface area contributed by atoms with E-state index >= 15 is 0 Å². The van der Waals surface area contributed by atoms with Crippen molar-refractivity contribution in [3.63, 3.8) is 0 Å². The van der Waals surface area contributed by atoms with Gasteiger partial charge in [0.25, 0.3) is 0 Å². The van der Waals surface area contributed by atoms with Gasteiger partial charge in [0.2, 0.25) is 0 Å². The van der Waals surface area contributed by atoms with Crippen molar-refractivity contribution in [3.05, 3.63) is 28.8 Å². The Labute approximate surface area is 103 Å². The van der Waals surface area contributed by atoms with Crippen molar-refractivity contribution >= 4 is 12.6 Å². The predicted octanol–water partition coefficient (Wildman–Crippen LogP) is 1.48. The Morgan fingerprint density at radius 2 is 1.59 bits per heavy atom. The summed E-state index contributed by atoms with van der Waals surface area (Å²) in [5.74, 6) is 0.332. The second-order valence-corrected chi connectivity index (χ2v) is 4.82. The van der Waals surface area contributed by atoms with Crippen LogP contribution in [0.4, 0.5) is 0 Å². The van der Waals surface area contributed by atoms with Gasteiger partial charge in [0, 0.05) is 0 Å². The topological polar surface area (TPSA) is 64.2 Å². The molecule has 0 spiro atoms. The van der Waals surface area contributed by atoms with E-state index in [4.69, 9.17) is 5.26 Å². The standard InChI is InChI=1S/C13H18BNO2/c1-8(2)12-10(7-15)5-6-11(14(16)17)13(12)9(3)4/h5-6,8-9,16-17H,1-4H3. The summed E-state index contributed by atoms with van der Waals surface area (Å²) in [5.41, 5.74) is 2.93. The predicted molar refractivity (Wildman–Crippen MR) is 69.2 cm³/mol. The molecule has 0 fully saturated rings. The number of hydrogen-bond donors (Lipinski definition) is 2. The van der Waals surface area contributed by atoms with Gasteiger partial charge in [-0.05, 0) is 34.5 Å². The van der Waals surface area contributed by atoms with Crippen molar-refractivity contribution < 1.29 is 10.0 Å². The van der Waals surface area contributed by atoms with Crippen LogP contribution in [0.25, 0.3) is 0 Å². The third-order valence-corrected chi connectivity index (χ3v) is 2.87. The molecule has 0 aliphatic rings. The molecular weight excluding hydrogens is 213 g/mol. The third-order valence-electron chi connectivity index (χ3n) is 2.87. The maximum Gasteiger partial charge on any atom is 0.488 e. The van der Waals surface area contributed by atoms with Crippen molar-refractivity contribution in [1.82, 2.24) is 0 Å². The van der Waals surface area contributed by atoms with Crippen LogP contribution in [0.2, 0.25) is 0 Å². The molecule has 0 aromatic heterocycles. The summed E-state index contributed by atoms with van der Waals surface area (Å²) < 4.78 is 0. The lowest BCUT2D eigenvalue weighted by molar-refractivity contribution is 0.425. The van der Waals surface area contributed by atoms with Crippen LogP contribution < -0.4 is 5.46 Å². The fraction of sp³-hybridized carbons (Fsp3) is 0.462. The van der Waals surface area contributed by atoms with Crippen LogP contribution >= 0.6 is 0 Å². The molecule has 0 aliphatic carbocycles. The normalized spacial score (nSPS) is 10.8. The van der Waals surface area contributed by atoms with Crippen LogP contribution in [0.5, 0.6) is 0 Å². The van der Waals surface area contributed by atoms with Crippen molar-refractivity contribution in [3.8, 4) is 6.07 Å². The first-order valence-corrected chi connectivity index (χ1v) is 5.83. The van der Waals surface area contributed by atoms with Crippen molar-refractivity contribution in [2.45, 2.75) is 39.5 Å². The van der Waals surface area contributed by atoms with Gasteiger partial charge in [-0.15, -0.1) is 0 Å². The first kappa shape index (κ1) is 13.8. The van der Waals surface area contributed by atoms with Crippen LogP contribution in [0.15, 0.2) is 12.1 Å². The second-order valence-electron chi connectivity index (χ2n) is 4.82. The van der Waals surface area contributed by atoms with Crippen LogP contribution in [0, 0.1) is 11.3 Å². The third kappa shape index (κ3) is 2.69. The number of hydrogen-bond acceptors (Lipinski definition) is 3. The lowest BCUT2D eigenvalue weighted by atomic mass is 9.70. The molecule has 0 aliphatic heterocycles. The van der Waals surface area contributed by atoms with E-state index in [2.05, 4.69) is 6.07 Å². The Hall–Kier alpha value is -1.31. The lowest BCUT2D eigenvalue weighted by Crippen LogP contribution is -2.35. The van der Waals surface area contributed by atoms with E-state index in [-0.39, 0.29) is 11.8 Å². The van der Waals surface area contributed by atoms with Gasteiger partial charge >= 0.3 is 7.12 Å². The maximum absolute atomic E-state index is 9.40. The van der Waals surface area contributed by atoms with E-state index < -0.39 is 7.12 Å². The molecule has 90 valence electrons. The average Bonchev–Trinajstić information content (AvgIpc) is 2.26. The van der Waals surface area contributed by atoms with Gasteiger partial charge < -0.3 is 10.0 Å². The smallest absolute Gasteiger partial charge is 0.423 e. The highest BCUT2D eigenvalue weighted by Gasteiger charge is 2.24. The number of nitriles is 1. The van der Waals surface area contributed by atoms with Gasteiger partial charge in [-0.1, -0.05) is 33.8 Å². The van der Waals surface area contributed by atoms with E-state index in [1.165, 1.54) is 0 Å². The molecule has 0 atom stereocenters. The molecule has 17 heavy (non-hydrogen) atoms. The summed E-state index contributed by atoms with van der Waals surface area (Å²) in [7, 11) is -1.49. The Balaban J connectivity index is 3.61. The molecule has 1 aromatic rings. The Morgan fingerprint density at radius 3 is 1.94 bits per heavy atom. The van der Waals surface area contributed by atoms with E-state index in [1.807, 2.05) is 27.7 Å². The van der Waals surface area contributed by atoms with Crippen LogP contribution in [0.1, 0.15) is 56.2 Å². The SMILES string of the molecule is CC(C)c1c(C#N)ccc(B(O)O)c1C(C)C. The summed E-state index contributed by atoms with van der Waals surface area (Å²) in [4.78, 5) is 0. The molecule has 4 heteroatoms. The minimum Gasteiger partial charge on any atom is -0.423 e. The van der Waals surface area contributed by atoms with Crippen molar-refractivity contribution in [2.24, 2.45) is 0 Å². The highest BCUT2D eigenvalue weighted by molar-refractivity contribution is 6.59. The molecule has 0 radical (unpaired) electrons. The zero-order chi connectivity index (χ0) is 13.2. The van der Waals surface area contributed by atoms with Gasteiger partial charge in [0.05, 0.1) is 11.6 Å². The Bertz CT molecular complexity index is 447. The zero-order valence-corrected chi connectivity index (χ0v) is 10.7. The zero-order valence-electron chi connectivity index (χ0n) is 10.7. The highest BCUT2D eigenvalue weighted by atomic mass is 16.4. The van der Waals surface area contributed by atoms with Crippen molar-refractivity contribution in [1.29, 1.82) is 5.26 Å².